The van der Waals surface area contributed by atoms with E-state index in [-0.39, 0.29) is 6.79 Å². The molecule has 0 fully saturated rings. The number of aliphatic hydroxyl groups is 1. The lowest BCUT2D eigenvalue weighted by Crippen LogP contribution is -2.08. The van der Waals surface area contributed by atoms with E-state index in [1.54, 1.807) is 6.07 Å². The van der Waals surface area contributed by atoms with E-state index in [1.807, 2.05) is 6.92 Å². The third-order valence-corrected chi connectivity index (χ3v) is 2.97. The van der Waals surface area contributed by atoms with Crippen LogP contribution in [-0.4, -0.2) is 18.4 Å². The predicted molar refractivity (Wildman–Crippen MR) is 60.9 cm³/mol. The van der Waals surface area contributed by atoms with Gasteiger partial charge in [0.15, 0.2) is 11.5 Å². The number of rotatable bonds is 3. The molecule has 0 bridgehead atoms. The lowest BCUT2D eigenvalue weighted by Gasteiger charge is -2.15. The van der Waals surface area contributed by atoms with E-state index in [2.05, 4.69) is 0 Å². The zero-order valence-corrected chi connectivity index (χ0v) is 9.75. The number of halogens is 1. The quantitative estimate of drug-likeness (QED) is 0.849. The van der Waals surface area contributed by atoms with Gasteiger partial charge in [-0.3, -0.25) is 0 Å². The molecule has 16 heavy (non-hydrogen) atoms. The molecular formula is C11H14ClNO3. The second-order valence-corrected chi connectivity index (χ2v) is 4.14. The van der Waals surface area contributed by atoms with Crippen LogP contribution in [0, 0.1) is 6.92 Å². The number of ether oxygens (including phenoxy) is 2. The highest BCUT2D eigenvalue weighted by Gasteiger charge is 2.24. The minimum Gasteiger partial charge on any atom is -0.453 e. The Kier molecular flexibility index (Phi) is 3.23. The van der Waals surface area contributed by atoms with Crippen LogP contribution in [0.1, 0.15) is 23.7 Å². The summed E-state index contributed by atoms with van der Waals surface area (Å²) in [4.78, 5) is 0. The van der Waals surface area contributed by atoms with E-state index in [1.165, 1.54) is 0 Å². The summed E-state index contributed by atoms with van der Waals surface area (Å²) in [5.41, 5.74) is 7.03. The maximum absolute atomic E-state index is 9.92. The smallest absolute Gasteiger partial charge is 0.231 e. The van der Waals surface area contributed by atoms with E-state index in [0.29, 0.717) is 29.5 Å². The van der Waals surface area contributed by atoms with Crippen molar-refractivity contribution in [2.24, 2.45) is 5.73 Å². The highest BCUT2D eigenvalue weighted by atomic mass is 35.5. The molecule has 0 saturated heterocycles. The first-order chi connectivity index (χ1) is 7.65. The molecule has 0 spiro atoms. The first-order valence-corrected chi connectivity index (χ1v) is 5.49. The topological polar surface area (TPSA) is 64.7 Å². The third kappa shape index (κ3) is 1.84. The van der Waals surface area contributed by atoms with Gasteiger partial charge in [-0.2, -0.15) is 0 Å². The number of nitrogens with two attached hydrogens (primary N) is 1. The van der Waals surface area contributed by atoms with Crippen molar-refractivity contribution in [2.45, 2.75) is 19.4 Å². The monoisotopic (exact) mass is 243 g/mol. The number of hydrogen-bond donors (Lipinski definition) is 2. The maximum atomic E-state index is 9.92. The summed E-state index contributed by atoms with van der Waals surface area (Å²) < 4.78 is 10.6. The summed E-state index contributed by atoms with van der Waals surface area (Å²) in [6.45, 7) is 2.47. The Morgan fingerprint density at radius 1 is 1.50 bits per heavy atom. The van der Waals surface area contributed by atoms with E-state index in [4.69, 9.17) is 26.8 Å². The van der Waals surface area contributed by atoms with Crippen molar-refractivity contribution < 1.29 is 14.6 Å². The molecular weight excluding hydrogens is 230 g/mol. The highest BCUT2D eigenvalue weighted by Crippen LogP contribution is 2.44. The van der Waals surface area contributed by atoms with Gasteiger partial charge in [-0.25, -0.2) is 0 Å². The fourth-order valence-electron chi connectivity index (χ4n) is 1.84. The van der Waals surface area contributed by atoms with Crippen LogP contribution in [0.4, 0.5) is 0 Å². The first kappa shape index (κ1) is 11.5. The van der Waals surface area contributed by atoms with Gasteiger partial charge in [0.1, 0.15) is 0 Å². The molecule has 1 heterocycles. The van der Waals surface area contributed by atoms with Crippen LogP contribution in [0.25, 0.3) is 0 Å². The van der Waals surface area contributed by atoms with Crippen LogP contribution >= 0.6 is 11.6 Å². The van der Waals surface area contributed by atoms with Gasteiger partial charge >= 0.3 is 0 Å². The summed E-state index contributed by atoms with van der Waals surface area (Å²) in [6, 6.07) is 1.71. The SMILES string of the molecule is Cc1c(C(O)CCN)cc(Cl)c2c1OCO2. The molecule has 1 aliphatic heterocycles. The molecule has 0 amide bonds. The number of aliphatic hydroxyl groups excluding tert-OH is 1. The minimum absolute atomic E-state index is 0.173. The average Bonchev–Trinajstić information content (AvgIpc) is 2.73. The molecule has 0 radical (unpaired) electrons. The lowest BCUT2D eigenvalue weighted by atomic mass is 10.00. The molecule has 88 valence electrons. The predicted octanol–water partition coefficient (Wildman–Crippen LogP) is 1.76. The van der Waals surface area contributed by atoms with E-state index in [0.717, 1.165) is 11.1 Å². The van der Waals surface area contributed by atoms with Gasteiger partial charge in [-0.15, -0.1) is 0 Å². The minimum atomic E-state index is -0.614. The Hall–Kier alpha value is -0.970. The molecule has 1 aromatic carbocycles. The molecule has 3 N–H and O–H groups in total. The Labute approximate surface area is 98.9 Å². The van der Waals surface area contributed by atoms with Crippen molar-refractivity contribution in [3.8, 4) is 11.5 Å². The Bertz CT molecular complexity index is 409. The van der Waals surface area contributed by atoms with Crippen LogP contribution in [0.15, 0.2) is 6.07 Å². The van der Waals surface area contributed by atoms with Gasteiger partial charge in [0.2, 0.25) is 6.79 Å². The number of hydrogen-bond acceptors (Lipinski definition) is 4. The molecule has 2 rings (SSSR count). The molecule has 4 nitrogen and oxygen atoms in total. The van der Waals surface area contributed by atoms with Crippen molar-refractivity contribution in [2.75, 3.05) is 13.3 Å². The third-order valence-electron chi connectivity index (χ3n) is 2.68. The van der Waals surface area contributed by atoms with Gasteiger partial charge < -0.3 is 20.3 Å². The summed E-state index contributed by atoms with van der Waals surface area (Å²) >= 11 is 6.04. The van der Waals surface area contributed by atoms with Crippen LogP contribution in [-0.2, 0) is 0 Å². The van der Waals surface area contributed by atoms with Crippen molar-refractivity contribution in [1.29, 1.82) is 0 Å². The summed E-state index contributed by atoms with van der Waals surface area (Å²) in [7, 11) is 0. The van der Waals surface area contributed by atoms with Crippen molar-refractivity contribution in [3.63, 3.8) is 0 Å². The standard InChI is InChI=1S/C11H14ClNO3/c1-6-7(9(14)2-3-13)4-8(12)11-10(6)15-5-16-11/h4,9,14H,2-3,5,13H2,1H3. The molecule has 0 saturated carbocycles. The van der Waals surface area contributed by atoms with Crippen LogP contribution in [0.5, 0.6) is 11.5 Å². The zero-order chi connectivity index (χ0) is 11.7. The molecule has 5 heteroatoms. The van der Waals surface area contributed by atoms with Crippen molar-refractivity contribution >= 4 is 11.6 Å². The van der Waals surface area contributed by atoms with Crippen molar-refractivity contribution in [3.05, 3.63) is 22.2 Å². The van der Waals surface area contributed by atoms with Gasteiger partial charge in [0.25, 0.3) is 0 Å². The van der Waals surface area contributed by atoms with Crippen LogP contribution < -0.4 is 15.2 Å². The Morgan fingerprint density at radius 2 is 2.19 bits per heavy atom. The molecule has 0 aliphatic carbocycles. The van der Waals surface area contributed by atoms with Gasteiger partial charge in [-0.1, -0.05) is 11.6 Å². The first-order valence-electron chi connectivity index (χ1n) is 5.12. The largest absolute Gasteiger partial charge is 0.453 e. The van der Waals surface area contributed by atoms with E-state index in [9.17, 15) is 5.11 Å². The van der Waals surface area contributed by atoms with E-state index >= 15 is 0 Å². The second kappa shape index (κ2) is 4.49. The summed E-state index contributed by atoms with van der Waals surface area (Å²) in [5, 5.41) is 10.4. The number of benzene rings is 1. The van der Waals surface area contributed by atoms with Gasteiger partial charge in [0, 0.05) is 5.56 Å². The van der Waals surface area contributed by atoms with Crippen molar-refractivity contribution in [1.82, 2.24) is 0 Å². The summed E-state index contributed by atoms with van der Waals surface area (Å²) in [5.74, 6) is 1.18. The summed E-state index contributed by atoms with van der Waals surface area (Å²) in [6.07, 6.45) is -0.117. The second-order valence-electron chi connectivity index (χ2n) is 3.73. The molecule has 1 atom stereocenters. The molecule has 1 aromatic rings. The number of fused-ring (bicyclic) bond motifs is 1. The zero-order valence-electron chi connectivity index (χ0n) is 9.00. The molecule has 1 unspecified atom stereocenters. The molecule has 1 aliphatic rings. The normalized spacial score (nSPS) is 15.2. The lowest BCUT2D eigenvalue weighted by molar-refractivity contribution is 0.166. The Balaban J connectivity index is 2.44. The average molecular weight is 244 g/mol. The highest BCUT2D eigenvalue weighted by molar-refractivity contribution is 6.32. The van der Waals surface area contributed by atoms with Gasteiger partial charge in [0.05, 0.1) is 11.1 Å². The van der Waals surface area contributed by atoms with E-state index < -0.39 is 6.10 Å². The Morgan fingerprint density at radius 3 is 2.88 bits per heavy atom. The molecule has 0 aromatic heterocycles. The van der Waals surface area contributed by atoms with Crippen LogP contribution in [0.3, 0.4) is 0 Å². The van der Waals surface area contributed by atoms with Crippen LogP contribution in [0.2, 0.25) is 5.02 Å². The fraction of sp³-hybridized carbons (Fsp3) is 0.455. The van der Waals surface area contributed by atoms with Gasteiger partial charge in [-0.05, 0) is 31.5 Å². The fourth-order valence-corrected chi connectivity index (χ4v) is 2.09. The maximum Gasteiger partial charge on any atom is 0.231 e.